The molecule has 0 aromatic heterocycles. The number of hydrogen-bond donors (Lipinski definition) is 0. The number of esters is 2. The molecule has 0 radical (unpaired) electrons. The first kappa shape index (κ1) is 22.3. The molecule has 2 saturated carbocycles. The largest absolute Gasteiger partial charge is 0.463 e. The summed E-state index contributed by atoms with van der Waals surface area (Å²) in [6.45, 7) is 4.69. The third-order valence-electron chi connectivity index (χ3n) is 4.71. The predicted molar refractivity (Wildman–Crippen MR) is 97.9 cm³/mol. The van der Waals surface area contributed by atoms with Crippen molar-refractivity contribution in [3.63, 3.8) is 0 Å². The van der Waals surface area contributed by atoms with Crippen LogP contribution in [-0.2, 0) is 28.5 Å². The number of ether oxygens (including phenoxy) is 4. The summed E-state index contributed by atoms with van der Waals surface area (Å²) in [6, 6.07) is 0. The maximum absolute atomic E-state index is 11.8. The van der Waals surface area contributed by atoms with Gasteiger partial charge >= 0.3 is 11.9 Å². The van der Waals surface area contributed by atoms with Crippen LogP contribution in [0.15, 0.2) is 0 Å². The lowest BCUT2D eigenvalue weighted by Crippen LogP contribution is -2.23. The Balaban J connectivity index is 1.40. The smallest absolute Gasteiger partial charge is 0.315 e. The van der Waals surface area contributed by atoms with E-state index < -0.39 is 31.4 Å². The minimum Gasteiger partial charge on any atom is -0.463 e. The van der Waals surface area contributed by atoms with Gasteiger partial charge in [0, 0.05) is 12.8 Å². The average Bonchev–Trinajstić information content (AvgIpc) is 3.28. The summed E-state index contributed by atoms with van der Waals surface area (Å²) in [5, 5.41) is 0. The van der Waals surface area contributed by atoms with Crippen molar-refractivity contribution < 1.29 is 28.5 Å². The van der Waals surface area contributed by atoms with Crippen LogP contribution >= 0.6 is 46.4 Å². The molecule has 6 nitrogen and oxygen atoms in total. The standard InChI is InChI=1S/C16H22Cl4O6/c1-13(9-15(13,17)18)11(21)25-7-5-23-3-4-24-6-8-26-12(22)14(2)10-16(14,19)20/h3-10H2,1-2H3/t13-,14+. The van der Waals surface area contributed by atoms with E-state index >= 15 is 0 Å². The van der Waals surface area contributed by atoms with Crippen molar-refractivity contribution in [3.8, 4) is 0 Å². The highest BCUT2D eigenvalue weighted by molar-refractivity contribution is 6.53. The topological polar surface area (TPSA) is 71.1 Å². The van der Waals surface area contributed by atoms with Crippen LogP contribution < -0.4 is 0 Å². The molecule has 2 aliphatic carbocycles. The van der Waals surface area contributed by atoms with Crippen molar-refractivity contribution in [2.75, 3.05) is 39.6 Å². The van der Waals surface area contributed by atoms with Crippen LogP contribution in [0.3, 0.4) is 0 Å². The SMILES string of the molecule is C[C@@]1(C(=O)OCCOCCOCCOC(=O)[C@@]2(C)CC2(Cl)Cl)CC1(Cl)Cl. The van der Waals surface area contributed by atoms with E-state index in [0.29, 0.717) is 26.1 Å². The van der Waals surface area contributed by atoms with Crippen molar-refractivity contribution >= 4 is 58.3 Å². The van der Waals surface area contributed by atoms with Gasteiger partial charge in [-0.1, -0.05) is 0 Å². The predicted octanol–water partition coefficient (Wildman–Crippen LogP) is 3.27. The summed E-state index contributed by atoms with van der Waals surface area (Å²) in [6.07, 6.45) is 0.772. The summed E-state index contributed by atoms with van der Waals surface area (Å²) < 4.78 is 18.6. The van der Waals surface area contributed by atoms with Gasteiger partial charge in [0.1, 0.15) is 32.7 Å². The van der Waals surface area contributed by atoms with Gasteiger partial charge < -0.3 is 18.9 Å². The monoisotopic (exact) mass is 450 g/mol. The van der Waals surface area contributed by atoms with Crippen LogP contribution in [0.25, 0.3) is 0 Å². The molecule has 0 aromatic rings. The highest BCUT2D eigenvalue weighted by atomic mass is 35.5. The molecule has 0 N–H and O–H groups in total. The van der Waals surface area contributed by atoms with Crippen molar-refractivity contribution in [3.05, 3.63) is 0 Å². The minimum absolute atomic E-state index is 0.118. The van der Waals surface area contributed by atoms with Crippen LogP contribution in [-0.4, -0.2) is 60.2 Å². The minimum atomic E-state index is -1.03. The number of alkyl halides is 4. The fraction of sp³-hybridized carbons (Fsp3) is 0.875. The quantitative estimate of drug-likeness (QED) is 0.272. The number of carbonyl (C=O) groups is 2. The Hall–Kier alpha value is 0.0200. The lowest BCUT2D eigenvalue weighted by molar-refractivity contribution is -0.152. The second kappa shape index (κ2) is 8.18. The average molecular weight is 452 g/mol. The van der Waals surface area contributed by atoms with E-state index in [4.69, 9.17) is 65.4 Å². The van der Waals surface area contributed by atoms with E-state index in [1.807, 2.05) is 0 Å². The van der Waals surface area contributed by atoms with Crippen LogP contribution in [0.5, 0.6) is 0 Å². The zero-order valence-corrected chi connectivity index (χ0v) is 17.6. The molecular formula is C16H22Cl4O6. The first-order valence-electron chi connectivity index (χ1n) is 8.22. The Morgan fingerprint density at radius 3 is 1.23 bits per heavy atom. The lowest BCUT2D eigenvalue weighted by Gasteiger charge is -2.12. The summed E-state index contributed by atoms with van der Waals surface area (Å²) >= 11 is 23.6. The van der Waals surface area contributed by atoms with E-state index in [1.165, 1.54) is 0 Å². The number of carbonyl (C=O) groups excluding carboxylic acids is 2. The van der Waals surface area contributed by atoms with Crippen LogP contribution in [0.2, 0.25) is 0 Å². The molecule has 0 heterocycles. The molecule has 150 valence electrons. The van der Waals surface area contributed by atoms with Gasteiger partial charge in [0.15, 0.2) is 0 Å². The van der Waals surface area contributed by atoms with Crippen molar-refractivity contribution in [1.82, 2.24) is 0 Å². The zero-order chi connectivity index (χ0) is 19.6. The fourth-order valence-electron chi connectivity index (χ4n) is 2.27. The molecule has 2 rings (SSSR count). The first-order valence-corrected chi connectivity index (χ1v) is 9.73. The van der Waals surface area contributed by atoms with Gasteiger partial charge in [-0.25, -0.2) is 0 Å². The third kappa shape index (κ3) is 4.89. The molecule has 0 spiro atoms. The van der Waals surface area contributed by atoms with E-state index in [2.05, 4.69) is 0 Å². The highest BCUT2D eigenvalue weighted by Gasteiger charge is 2.69. The molecule has 0 bridgehead atoms. The van der Waals surface area contributed by atoms with E-state index in [1.54, 1.807) is 13.8 Å². The van der Waals surface area contributed by atoms with E-state index in [9.17, 15) is 9.59 Å². The molecule has 0 unspecified atom stereocenters. The second-order valence-electron chi connectivity index (χ2n) is 6.92. The van der Waals surface area contributed by atoms with Crippen molar-refractivity contribution in [2.45, 2.75) is 35.4 Å². The molecule has 0 aliphatic heterocycles. The van der Waals surface area contributed by atoms with Crippen molar-refractivity contribution in [1.29, 1.82) is 0 Å². The Bertz CT molecular complexity index is 507. The summed E-state index contributed by atoms with van der Waals surface area (Å²) in [5.74, 6) is -0.849. The van der Waals surface area contributed by atoms with E-state index in [0.717, 1.165) is 0 Å². The van der Waals surface area contributed by atoms with Crippen LogP contribution in [0, 0.1) is 10.8 Å². The Morgan fingerprint density at radius 2 is 0.962 bits per heavy atom. The molecule has 10 heteroatoms. The van der Waals surface area contributed by atoms with E-state index in [-0.39, 0.29) is 26.4 Å². The maximum atomic E-state index is 11.8. The van der Waals surface area contributed by atoms with Gasteiger partial charge in [-0.05, 0) is 13.8 Å². The maximum Gasteiger partial charge on any atom is 0.315 e. The first-order chi connectivity index (χ1) is 12.0. The van der Waals surface area contributed by atoms with Gasteiger partial charge in [0.2, 0.25) is 0 Å². The molecule has 0 amide bonds. The van der Waals surface area contributed by atoms with Gasteiger partial charge in [-0.15, -0.1) is 46.4 Å². The third-order valence-corrected chi connectivity index (χ3v) is 6.91. The normalized spacial score (nSPS) is 30.5. The Labute approximate surface area is 172 Å². The van der Waals surface area contributed by atoms with Gasteiger partial charge in [-0.3, -0.25) is 9.59 Å². The van der Waals surface area contributed by atoms with Gasteiger partial charge in [0.05, 0.1) is 26.4 Å². The molecule has 0 aromatic carbocycles. The molecule has 0 saturated heterocycles. The summed E-state index contributed by atoms with van der Waals surface area (Å²) in [7, 11) is 0. The zero-order valence-electron chi connectivity index (χ0n) is 14.6. The molecule has 26 heavy (non-hydrogen) atoms. The number of hydrogen-bond acceptors (Lipinski definition) is 6. The molecule has 2 fully saturated rings. The van der Waals surface area contributed by atoms with Gasteiger partial charge in [0.25, 0.3) is 0 Å². The van der Waals surface area contributed by atoms with Crippen molar-refractivity contribution in [2.24, 2.45) is 10.8 Å². The molecule has 2 atom stereocenters. The fourth-order valence-corrected chi connectivity index (χ4v) is 3.65. The number of rotatable bonds is 11. The van der Waals surface area contributed by atoms with Crippen LogP contribution in [0.4, 0.5) is 0 Å². The Morgan fingerprint density at radius 1 is 0.692 bits per heavy atom. The van der Waals surface area contributed by atoms with Crippen LogP contribution in [0.1, 0.15) is 26.7 Å². The summed E-state index contributed by atoms with van der Waals surface area (Å²) in [4.78, 5) is 23.6. The second-order valence-corrected chi connectivity index (χ2v) is 9.89. The number of halogens is 4. The lowest BCUT2D eigenvalue weighted by atomic mass is 10.1. The highest BCUT2D eigenvalue weighted by Crippen LogP contribution is 2.64. The van der Waals surface area contributed by atoms with Gasteiger partial charge in [-0.2, -0.15) is 0 Å². The molecule has 2 aliphatic rings. The Kier molecular flexibility index (Phi) is 7.02. The molecular weight excluding hydrogens is 430 g/mol. The summed E-state index contributed by atoms with van der Waals surface area (Å²) in [5.41, 5.74) is -1.67.